The van der Waals surface area contributed by atoms with Crippen LogP contribution in [0.25, 0.3) is 10.9 Å². The SMILES string of the molecule is O=C(O)c1cn(N2CCOCC2)c2cc(NC3CC3)c([N+](=O)[O-])cc2c1=O. The third-order valence-corrected chi connectivity index (χ3v) is 4.76. The number of nitro benzene ring substituents is 1. The molecular weight excluding hydrogens is 356 g/mol. The Labute approximate surface area is 153 Å². The van der Waals surface area contributed by atoms with E-state index in [0.29, 0.717) is 37.5 Å². The number of ether oxygens (including phenoxy) is 1. The van der Waals surface area contributed by atoms with E-state index in [2.05, 4.69) is 5.32 Å². The number of anilines is 1. The van der Waals surface area contributed by atoms with Crippen LogP contribution in [0.3, 0.4) is 0 Å². The molecule has 1 aromatic heterocycles. The van der Waals surface area contributed by atoms with Crippen molar-refractivity contribution in [3.63, 3.8) is 0 Å². The van der Waals surface area contributed by atoms with E-state index in [1.54, 1.807) is 10.7 Å². The summed E-state index contributed by atoms with van der Waals surface area (Å²) in [4.78, 5) is 35.1. The number of aromatic carboxylic acids is 1. The average molecular weight is 374 g/mol. The molecule has 0 unspecified atom stereocenters. The zero-order valence-corrected chi connectivity index (χ0v) is 14.4. The number of nitro groups is 1. The second-order valence-electron chi connectivity index (χ2n) is 6.65. The zero-order chi connectivity index (χ0) is 19.1. The number of nitrogens with zero attached hydrogens (tertiary/aromatic N) is 3. The standard InChI is InChI=1S/C17H18N4O6/c22-16-11-7-15(21(25)26)13(18-10-1-2-10)8-14(11)20(9-12(16)17(23)24)19-3-5-27-6-4-19/h7-10,18H,1-6H2,(H,23,24). The molecule has 2 N–H and O–H groups in total. The summed E-state index contributed by atoms with van der Waals surface area (Å²) in [5, 5.41) is 25.9. The lowest BCUT2D eigenvalue weighted by atomic mass is 10.1. The first-order chi connectivity index (χ1) is 13.0. The molecule has 142 valence electrons. The minimum absolute atomic E-state index is 0.00874. The smallest absolute Gasteiger partial charge is 0.341 e. The summed E-state index contributed by atoms with van der Waals surface area (Å²) in [6, 6.07) is 2.92. The van der Waals surface area contributed by atoms with Crippen molar-refractivity contribution in [2.45, 2.75) is 18.9 Å². The Bertz CT molecular complexity index is 991. The zero-order valence-electron chi connectivity index (χ0n) is 14.4. The summed E-state index contributed by atoms with van der Waals surface area (Å²) in [5.41, 5.74) is -0.628. The van der Waals surface area contributed by atoms with Gasteiger partial charge >= 0.3 is 5.97 Å². The van der Waals surface area contributed by atoms with E-state index in [9.17, 15) is 24.8 Å². The van der Waals surface area contributed by atoms with Gasteiger partial charge in [-0.05, 0) is 18.9 Å². The van der Waals surface area contributed by atoms with Gasteiger partial charge in [-0.1, -0.05) is 0 Å². The van der Waals surface area contributed by atoms with Crippen molar-refractivity contribution in [2.24, 2.45) is 0 Å². The predicted octanol–water partition coefficient (Wildman–Crippen LogP) is 1.15. The second-order valence-corrected chi connectivity index (χ2v) is 6.65. The van der Waals surface area contributed by atoms with E-state index in [4.69, 9.17) is 4.74 Å². The maximum atomic E-state index is 12.6. The van der Waals surface area contributed by atoms with Crippen LogP contribution < -0.4 is 15.8 Å². The fraction of sp³-hybridized carbons (Fsp3) is 0.412. The lowest BCUT2D eigenvalue weighted by Crippen LogP contribution is -2.44. The number of carboxylic acid groups (broad SMARTS) is 1. The molecule has 0 spiro atoms. The quantitative estimate of drug-likeness (QED) is 0.589. The summed E-state index contributed by atoms with van der Waals surface area (Å²) in [5.74, 6) is -1.37. The van der Waals surface area contributed by atoms with Crippen LogP contribution in [0.1, 0.15) is 23.2 Å². The van der Waals surface area contributed by atoms with Gasteiger partial charge in [0.05, 0.1) is 42.1 Å². The molecule has 2 aliphatic rings. The maximum absolute atomic E-state index is 12.6. The fourth-order valence-electron chi connectivity index (χ4n) is 3.21. The van der Waals surface area contributed by atoms with Gasteiger partial charge in [0.2, 0.25) is 5.43 Å². The largest absolute Gasteiger partial charge is 0.477 e. The Balaban J connectivity index is 1.98. The number of carboxylic acids is 1. The highest BCUT2D eigenvalue weighted by Crippen LogP contribution is 2.33. The van der Waals surface area contributed by atoms with Crippen LogP contribution in [0.15, 0.2) is 23.1 Å². The number of aromatic nitrogens is 1. The summed E-state index contributed by atoms with van der Waals surface area (Å²) in [6.07, 6.45) is 3.15. The highest BCUT2D eigenvalue weighted by Gasteiger charge is 2.27. The molecule has 10 nitrogen and oxygen atoms in total. The Morgan fingerprint density at radius 2 is 2.00 bits per heavy atom. The van der Waals surface area contributed by atoms with Crippen molar-refractivity contribution in [3.8, 4) is 0 Å². The van der Waals surface area contributed by atoms with Crippen LogP contribution in [0.4, 0.5) is 11.4 Å². The molecule has 2 aromatic rings. The highest BCUT2D eigenvalue weighted by atomic mass is 16.6. The number of rotatable bonds is 5. The van der Waals surface area contributed by atoms with Gasteiger partial charge in [0.1, 0.15) is 11.3 Å². The van der Waals surface area contributed by atoms with Gasteiger partial charge in [-0.25, -0.2) is 4.79 Å². The molecular formula is C17H18N4O6. The predicted molar refractivity (Wildman–Crippen MR) is 97.2 cm³/mol. The van der Waals surface area contributed by atoms with E-state index in [1.807, 2.05) is 5.01 Å². The minimum atomic E-state index is -1.37. The highest BCUT2D eigenvalue weighted by molar-refractivity contribution is 5.95. The monoisotopic (exact) mass is 374 g/mol. The van der Waals surface area contributed by atoms with Crippen LogP contribution >= 0.6 is 0 Å². The molecule has 10 heteroatoms. The molecule has 0 atom stereocenters. The fourth-order valence-corrected chi connectivity index (χ4v) is 3.21. The molecule has 1 saturated heterocycles. The first-order valence-corrected chi connectivity index (χ1v) is 8.66. The third kappa shape index (κ3) is 3.19. The van der Waals surface area contributed by atoms with Gasteiger partial charge in [0.15, 0.2) is 0 Å². The first kappa shape index (κ1) is 17.3. The Morgan fingerprint density at radius 3 is 2.59 bits per heavy atom. The summed E-state index contributed by atoms with van der Waals surface area (Å²) >= 11 is 0. The van der Waals surface area contributed by atoms with Crippen molar-refractivity contribution in [1.29, 1.82) is 0 Å². The molecule has 4 rings (SSSR count). The van der Waals surface area contributed by atoms with Gasteiger partial charge in [-0.15, -0.1) is 0 Å². The molecule has 27 heavy (non-hydrogen) atoms. The number of nitrogens with one attached hydrogen (secondary N) is 1. The van der Waals surface area contributed by atoms with E-state index in [-0.39, 0.29) is 17.1 Å². The van der Waals surface area contributed by atoms with Crippen LogP contribution in [0.5, 0.6) is 0 Å². The normalized spacial score (nSPS) is 17.1. The van der Waals surface area contributed by atoms with E-state index in [1.165, 1.54) is 12.3 Å². The Kier molecular flexibility index (Phi) is 4.19. The summed E-state index contributed by atoms with van der Waals surface area (Å²) in [7, 11) is 0. The van der Waals surface area contributed by atoms with E-state index in [0.717, 1.165) is 12.8 Å². The molecule has 0 radical (unpaired) electrons. The number of hydrogen-bond donors (Lipinski definition) is 2. The van der Waals surface area contributed by atoms with Gasteiger partial charge in [-0.2, -0.15) is 0 Å². The number of pyridine rings is 1. The molecule has 2 fully saturated rings. The Hall–Kier alpha value is -3.14. The lowest BCUT2D eigenvalue weighted by Gasteiger charge is -2.32. The number of fused-ring (bicyclic) bond motifs is 1. The first-order valence-electron chi connectivity index (χ1n) is 8.66. The molecule has 0 bridgehead atoms. The number of morpholine rings is 1. The molecule has 1 aliphatic carbocycles. The van der Waals surface area contributed by atoms with Crippen LogP contribution in [-0.2, 0) is 4.74 Å². The second kappa shape index (κ2) is 6.54. The maximum Gasteiger partial charge on any atom is 0.341 e. The van der Waals surface area contributed by atoms with Crippen molar-refractivity contribution >= 4 is 28.2 Å². The van der Waals surface area contributed by atoms with Gasteiger partial charge in [0.25, 0.3) is 5.69 Å². The Morgan fingerprint density at radius 1 is 1.30 bits per heavy atom. The molecule has 1 aromatic carbocycles. The van der Waals surface area contributed by atoms with E-state index >= 15 is 0 Å². The lowest BCUT2D eigenvalue weighted by molar-refractivity contribution is -0.383. The van der Waals surface area contributed by atoms with Crippen molar-refractivity contribution < 1.29 is 19.6 Å². The third-order valence-electron chi connectivity index (χ3n) is 4.76. The topological polar surface area (TPSA) is 127 Å². The van der Waals surface area contributed by atoms with Crippen LogP contribution in [0.2, 0.25) is 0 Å². The van der Waals surface area contributed by atoms with Crippen molar-refractivity contribution in [1.82, 2.24) is 4.68 Å². The van der Waals surface area contributed by atoms with Crippen molar-refractivity contribution in [3.05, 3.63) is 44.2 Å². The molecule has 1 aliphatic heterocycles. The minimum Gasteiger partial charge on any atom is -0.477 e. The van der Waals surface area contributed by atoms with Crippen LogP contribution in [0, 0.1) is 10.1 Å². The van der Waals surface area contributed by atoms with Crippen molar-refractivity contribution in [2.75, 3.05) is 36.6 Å². The van der Waals surface area contributed by atoms with Gasteiger partial charge < -0.3 is 20.2 Å². The van der Waals surface area contributed by atoms with Gasteiger partial charge in [-0.3, -0.25) is 19.6 Å². The summed E-state index contributed by atoms with van der Waals surface area (Å²) in [6.45, 7) is 1.96. The summed E-state index contributed by atoms with van der Waals surface area (Å²) < 4.78 is 6.94. The number of hydrogen-bond acceptors (Lipinski definition) is 7. The van der Waals surface area contributed by atoms with Crippen LogP contribution in [-0.4, -0.2) is 53.0 Å². The average Bonchev–Trinajstić information content (AvgIpc) is 3.46. The number of benzene rings is 1. The number of carbonyl (C=O) groups is 1. The molecule has 0 amide bonds. The van der Waals surface area contributed by atoms with E-state index < -0.39 is 21.9 Å². The molecule has 1 saturated carbocycles. The molecule has 2 heterocycles. The van der Waals surface area contributed by atoms with Gasteiger partial charge in [0, 0.05) is 18.3 Å².